The van der Waals surface area contributed by atoms with Crippen LogP contribution < -0.4 is 5.32 Å². The number of nitrogens with one attached hydrogen (secondary N) is 1. The number of amides is 1. The fraction of sp³-hybridized carbons (Fsp3) is 0.647. The molecule has 8 heteroatoms. The zero-order chi connectivity index (χ0) is 17.8. The third-order valence-electron chi connectivity index (χ3n) is 4.64. The summed E-state index contributed by atoms with van der Waals surface area (Å²) < 4.78 is 6.80. The summed E-state index contributed by atoms with van der Waals surface area (Å²) in [5, 5.41) is 11.0. The van der Waals surface area contributed by atoms with Crippen molar-refractivity contribution in [2.45, 2.75) is 26.7 Å². The van der Waals surface area contributed by atoms with Crippen molar-refractivity contribution in [2.75, 3.05) is 39.9 Å². The van der Waals surface area contributed by atoms with E-state index in [2.05, 4.69) is 25.4 Å². The number of nitrogens with zero attached hydrogens (tertiary/aromatic N) is 5. The Morgan fingerprint density at radius 3 is 3.04 bits per heavy atom. The highest BCUT2D eigenvalue weighted by Crippen LogP contribution is 2.16. The highest BCUT2D eigenvalue weighted by molar-refractivity contribution is 5.91. The van der Waals surface area contributed by atoms with E-state index in [1.54, 1.807) is 11.5 Å². The van der Waals surface area contributed by atoms with Crippen LogP contribution in [0.15, 0.2) is 6.07 Å². The van der Waals surface area contributed by atoms with Crippen LogP contribution in [-0.4, -0.2) is 70.3 Å². The van der Waals surface area contributed by atoms with E-state index in [4.69, 9.17) is 4.74 Å². The number of ether oxygens (including phenoxy) is 1. The van der Waals surface area contributed by atoms with Gasteiger partial charge in [-0.2, -0.15) is 0 Å². The summed E-state index contributed by atoms with van der Waals surface area (Å²) in [6.45, 7) is 8.44. The smallest absolute Gasteiger partial charge is 0.289 e. The van der Waals surface area contributed by atoms with Crippen molar-refractivity contribution < 1.29 is 9.53 Å². The van der Waals surface area contributed by atoms with Crippen LogP contribution in [0.25, 0.3) is 5.78 Å². The van der Waals surface area contributed by atoms with E-state index in [-0.39, 0.29) is 5.91 Å². The van der Waals surface area contributed by atoms with E-state index in [1.807, 2.05) is 19.9 Å². The van der Waals surface area contributed by atoms with Gasteiger partial charge in [-0.25, -0.2) is 4.98 Å². The summed E-state index contributed by atoms with van der Waals surface area (Å²) in [6, 6.07) is 1.92. The normalized spacial score (nSPS) is 18.1. The van der Waals surface area contributed by atoms with Crippen molar-refractivity contribution in [3.8, 4) is 0 Å². The van der Waals surface area contributed by atoms with Crippen LogP contribution in [0.5, 0.6) is 0 Å². The standard InChI is InChI=1S/C17H26N6O2/c1-12-9-13(2)23-15(20-21-17(23)19-12)16(24)18-10-14-5-7-22(11-14)6-4-8-25-3/h9,14H,4-8,10-11H2,1-3H3,(H,18,24)/t14-/m1/s1. The molecule has 136 valence electrons. The van der Waals surface area contributed by atoms with Crippen molar-refractivity contribution in [1.29, 1.82) is 0 Å². The zero-order valence-electron chi connectivity index (χ0n) is 15.2. The van der Waals surface area contributed by atoms with Crippen LogP contribution in [-0.2, 0) is 4.74 Å². The molecule has 0 aliphatic carbocycles. The minimum atomic E-state index is -0.195. The van der Waals surface area contributed by atoms with Crippen LogP contribution in [0.2, 0.25) is 0 Å². The lowest BCUT2D eigenvalue weighted by atomic mass is 10.1. The number of carbonyl (C=O) groups excluding carboxylic acids is 1. The lowest BCUT2D eigenvalue weighted by molar-refractivity contribution is 0.0935. The van der Waals surface area contributed by atoms with E-state index in [0.717, 1.165) is 50.5 Å². The largest absolute Gasteiger partial charge is 0.385 e. The van der Waals surface area contributed by atoms with Crippen LogP contribution in [0.4, 0.5) is 0 Å². The quantitative estimate of drug-likeness (QED) is 0.748. The molecule has 1 aliphatic heterocycles. The average molecular weight is 346 g/mol. The van der Waals surface area contributed by atoms with Gasteiger partial charge in [0.1, 0.15) is 0 Å². The number of aryl methyl sites for hydroxylation is 2. The van der Waals surface area contributed by atoms with Gasteiger partial charge in [0, 0.05) is 44.7 Å². The summed E-state index contributed by atoms with van der Waals surface area (Å²) in [5.41, 5.74) is 1.77. The van der Waals surface area contributed by atoms with Crippen LogP contribution in [0, 0.1) is 19.8 Å². The first-order chi connectivity index (χ1) is 12.1. The van der Waals surface area contributed by atoms with Crippen LogP contribution >= 0.6 is 0 Å². The van der Waals surface area contributed by atoms with Gasteiger partial charge in [-0.05, 0) is 45.2 Å². The molecule has 1 amide bonds. The second-order valence-electron chi connectivity index (χ2n) is 6.71. The third-order valence-corrected chi connectivity index (χ3v) is 4.64. The SMILES string of the molecule is COCCCN1CC[C@H](CNC(=O)c2nnc3nc(C)cc(C)n23)C1. The maximum absolute atomic E-state index is 12.5. The van der Waals surface area contributed by atoms with Gasteiger partial charge in [-0.1, -0.05) is 0 Å². The first-order valence-electron chi connectivity index (χ1n) is 8.77. The van der Waals surface area contributed by atoms with Gasteiger partial charge in [0.25, 0.3) is 11.7 Å². The minimum Gasteiger partial charge on any atom is -0.385 e. The van der Waals surface area contributed by atoms with E-state index >= 15 is 0 Å². The van der Waals surface area contributed by atoms with Crippen molar-refractivity contribution >= 4 is 11.7 Å². The van der Waals surface area contributed by atoms with Crippen molar-refractivity contribution in [3.63, 3.8) is 0 Å². The number of likely N-dealkylation sites (tertiary alicyclic amines) is 1. The van der Waals surface area contributed by atoms with Gasteiger partial charge in [-0.3, -0.25) is 9.20 Å². The fourth-order valence-electron chi connectivity index (χ4n) is 3.41. The molecule has 8 nitrogen and oxygen atoms in total. The maximum atomic E-state index is 12.5. The summed E-state index contributed by atoms with van der Waals surface area (Å²) in [5.74, 6) is 1.05. The predicted molar refractivity (Wildman–Crippen MR) is 93.6 cm³/mol. The molecule has 1 aliphatic rings. The van der Waals surface area contributed by atoms with Gasteiger partial charge in [0.15, 0.2) is 0 Å². The molecule has 1 saturated heterocycles. The molecule has 0 radical (unpaired) electrons. The molecule has 2 aromatic heterocycles. The molecule has 0 unspecified atom stereocenters. The molecular formula is C17H26N6O2. The van der Waals surface area contributed by atoms with Gasteiger partial charge in [0.2, 0.25) is 5.82 Å². The number of rotatable bonds is 7. The molecule has 0 bridgehead atoms. The van der Waals surface area contributed by atoms with Gasteiger partial charge < -0.3 is 15.0 Å². The molecule has 0 aromatic carbocycles. The highest BCUT2D eigenvalue weighted by atomic mass is 16.5. The third kappa shape index (κ3) is 4.13. The van der Waals surface area contributed by atoms with Gasteiger partial charge in [-0.15, -0.1) is 10.2 Å². The molecule has 1 N–H and O–H groups in total. The molecule has 3 rings (SSSR count). The number of hydrogen-bond acceptors (Lipinski definition) is 6. The van der Waals surface area contributed by atoms with Crippen LogP contribution in [0.1, 0.15) is 34.8 Å². The maximum Gasteiger partial charge on any atom is 0.289 e. The van der Waals surface area contributed by atoms with Gasteiger partial charge >= 0.3 is 0 Å². The monoisotopic (exact) mass is 346 g/mol. The minimum absolute atomic E-state index is 0.195. The van der Waals surface area contributed by atoms with E-state index in [9.17, 15) is 4.79 Å². The summed E-state index contributed by atoms with van der Waals surface area (Å²) in [6.07, 6.45) is 2.15. The zero-order valence-corrected chi connectivity index (χ0v) is 15.2. The predicted octanol–water partition coefficient (Wildman–Crippen LogP) is 0.829. The Balaban J connectivity index is 1.55. The topological polar surface area (TPSA) is 84.6 Å². The lowest BCUT2D eigenvalue weighted by Crippen LogP contribution is -2.32. The molecule has 1 fully saturated rings. The Bertz CT molecular complexity index is 744. The Labute approximate surface area is 147 Å². The number of aromatic nitrogens is 4. The second-order valence-corrected chi connectivity index (χ2v) is 6.71. The Kier molecular flexibility index (Phi) is 5.60. The van der Waals surface area contributed by atoms with E-state index in [0.29, 0.717) is 24.1 Å². The van der Waals surface area contributed by atoms with E-state index < -0.39 is 0 Å². The number of hydrogen-bond donors (Lipinski definition) is 1. The van der Waals surface area contributed by atoms with Crippen molar-refractivity contribution in [1.82, 2.24) is 29.8 Å². The highest BCUT2D eigenvalue weighted by Gasteiger charge is 2.24. The molecule has 3 heterocycles. The summed E-state index contributed by atoms with van der Waals surface area (Å²) in [4.78, 5) is 19.3. The van der Waals surface area contributed by atoms with Crippen molar-refractivity contribution in [3.05, 3.63) is 23.3 Å². The molecule has 0 saturated carbocycles. The number of carbonyl (C=O) groups is 1. The Morgan fingerprint density at radius 2 is 2.24 bits per heavy atom. The van der Waals surface area contributed by atoms with Gasteiger partial charge in [0.05, 0.1) is 0 Å². The Morgan fingerprint density at radius 1 is 1.40 bits per heavy atom. The fourth-order valence-corrected chi connectivity index (χ4v) is 3.41. The molecule has 0 spiro atoms. The van der Waals surface area contributed by atoms with Crippen LogP contribution in [0.3, 0.4) is 0 Å². The van der Waals surface area contributed by atoms with Crippen molar-refractivity contribution in [2.24, 2.45) is 5.92 Å². The second kappa shape index (κ2) is 7.88. The average Bonchev–Trinajstić information content (AvgIpc) is 3.19. The molecule has 25 heavy (non-hydrogen) atoms. The first-order valence-corrected chi connectivity index (χ1v) is 8.77. The van der Waals surface area contributed by atoms with E-state index in [1.165, 1.54) is 0 Å². The molecule has 1 atom stereocenters. The summed E-state index contributed by atoms with van der Waals surface area (Å²) >= 11 is 0. The molecular weight excluding hydrogens is 320 g/mol. The number of fused-ring (bicyclic) bond motifs is 1. The first kappa shape index (κ1) is 17.8. The lowest BCUT2D eigenvalue weighted by Gasteiger charge is -2.15. The molecule has 2 aromatic rings. The number of methoxy groups -OCH3 is 1. The Hall–Kier alpha value is -2.06. The summed E-state index contributed by atoms with van der Waals surface area (Å²) in [7, 11) is 1.73.